The number of halogens is 1. The maximum Gasteiger partial charge on any atom is 0.119 e. The van der Waals surface area contributed by atoms with Crippen LogP contribution in [0.1, 0.15) is 5.56 Å². The Kier molecular flexibility index (Phi) is 5.04. The van der Waals surface area contributed by atoms with E-state index in [-0.39, 0.29) is 0 Å². The molecule has 0 aliphatic heterocycles. The predicted molar refractivity (Wildman–Crippen MR) is 88.0 cm³/mol. The van der Waals surface area contributed by atoms with Crippen LogP contribution in [0.25, 0.3) is 0 Å². The molecule has 0 aliphatic rings. The Bertz CT molecular complexity index is 569. The second kappa shape index (κ2) is 6.77. The van der Waals surface area contributed by atoms with Crippen LogP contribution < -0.4 is 15.4 Å². The normalized spacial score (nSPS) is 10.4. The Morgan fingerprint density at radius 1 is 1.10 bits per heavy atom. The summed E-state index contributed by atoms with van der Waals surface area (Å²) in [5.41, 5.74) is 9.08. The summed E-state index contributed by atoms with van der Waals surface area (Å²) >= 11 is 3.61. The monoisotopic (exact) mass is 334 g/mol. The van der Waals surface area contributed by atoms with Crippen LogP contribution in [0.4, 0.5) is 11.4 Å². The molecule has 0 atom stereocenters. The SMILES string of the molecule is COc1ccc(N(C)c2ccc(CCN)c(Br)c2)cc1. The van der Waals surface area contributed by atoms with Crippen molar-refractivity contribution in [1.29, 1.82) is 0 Å². The minimum Gasteiger partial charge on any atom is -0.497 e. The number of hydrogen-bond donors (Lipinski definition) is 1. The summed E-state index contributed by atoms with van der Waals surface area (Å²) in [6.45, 7) is 0.659. The van der Waals surface area contributed by atoms with Gasteiger partial charge in [0.2, 0.25) is 0 Å². The van der Waals surface area contributed by atoms with Crippen molar-refractivity contribution in [3.63, 3.8) is 0 Å². The molecule has 106 valence electrons. The molecule has 2 rings (SSSR count). The van der Waals surface area contributed by atoms with Crippen LogP contribution in [-0.2, 0) is 6.42 Å². The fraction of sp³-hybridized carbons (Fsp3) is 0.250. The van der Waals surface area contributed by atoms with Crippen molar-refractivity contribution in [2.24, 2.45) is 5.73 Å². The van der Waals surface area contributed by atoms with Crippen molar-refractivity contribution in [3.8, 4) is 5.75 Å². The molecule has 0 amide bonds. The fourth-order valence-electron chi connectivity index (χ4n) is 2.06. The number of anilines is 2. The third kappa shape index (κ3) is 3.32. The topological polar surface area (TPSA) is 38.5 Å². The van der Waals surface area contributed by atoms with Crippen LogP contribution >= 0.6 is 15.9 Å². The molecule has 20 heavy (non-hydrogen) atoms. The second-order valence-electron chi connectivity index (χ2n) is 4.57. The minimum absolute atomic E-state index is 0.659. The van der Waals surface area contributed by atoms with E-state index in [1.54, 1.807) is 7.11 Å². The molecule has 0 bridgehead atoms. The Morgan fingerprint density at radius 3 is 2.30 bits per heavy atom. The van der Waals surface area contributed by atoms with Gasteiger partial charge in [-0.1, -0.05) is 22.0 Å². The number of hydrogen-bond acceptors (Lipinski definition) is 3. The fourth-order valence-corrected chi connectivity index (χ4v) is 2.62. The number of benzene rings is 2. The van der Waals surface area contributed by atoms with E-state index in [1.165, 1.54) is 5.56 Å². The lowest BCUT2D eigenvalue weighted by molar-refractivity contribution is 0.415. The second-order valence-corrected chi connectivity index (χ2v) is 5.43. The molecule has 0 unspecified atom stereocenters. The maximum absolute atomic E-state index is 5.60. The third-order valence-corrected chi connectivity index (χ3v) is 4.04. The van der Waals surface area contributed by atoms with Gasteiger partial charge in [-0.25, -0.2) is 0 Å². The van der Waals surface area contributed by atoms with Crippen molar-refractivity contribution in [1.82, 2.24) is 0 Å². The van der Waals surface area contributed by atoms with E-state index in [9.17, 15) is 0 Å². The summed E-state index contributed by atoms with van der Waals surface area (Å²) in [5, 5.41) is 0. The molecule has 0 saturated heterocycles. The molecule has 4 heteroatoms. The molecule has 0 radical (unpaired) electrons. The highest BCUT2D eigenvalue weighted by molar-refractivity contribution is 9.10. The van der Waals surface area contributed by atoms with Gasteiger partial charge in [-0.3, -0.25) is 0 Å². The number of rotatable bonds is 5. The first-order chi connectivity index (χ1) is 9.65. The summed E-state index contributed by atoms with van der Waals surface area (Å²) in [7, 11) is 3.72. The van der Waals surface area contributed by atoms with Gasteiger partial charge in [0, 0.05) is 22.9 Å². The van der Waals surface area contributed by atoms with Crippen molar-refractivity contribution in [2.75, 3.05) is 25.6 Å². The predicted octanol–water partition coefficient (Wildman–Crippen LogP) is 3.73. The van der Waals surface area contributed by atoms with Crippen molar-refractivity contribution >= 4 is 27.3 Å². The lowest BCUT2D eigenvalue weighted by Gasteiger charge is -2.20. The van der Waals surface area contributed by atoms with E-state index in [2.05, 4.69) is 39.0 Å². The molecule has 2 aromatic carbocycles. The zero-order valence-electron chi connectivity index (χ0n) is 11.8. The summed E-state index contributed by atoms with van der Waals surface area (Å²) < 4.78 is 6.28. The number of nitrogens with zero attached hydrogens (tertiary/aromatic N) is 1. The van der Waals surface area contributed by atoms with E-state index < -0.39 is 0 Å². The van der Waals surface area contributed by atoms with Gasteiger partial charge in [-0.15, -0.1) is 0 Å². The average Bonchev–Trinajstić information content (AvgIpc) is 2.49. The van der Waals surface area contributed by atoms with Gasteiger partial charge < -0.3 is 15.4 Å². The first-order valence-corrected chi connectivity index (χ1v) is 7.31. The third-order valence-electron chi connectivity index (χ3n) is 3.30. The van der Waals surface area contributed by atoms with Crippen molar-refractivity contribution < 1.29 is 4.74 Å². The summed E-state index contributed by atoms with van der Waals surface area (Å²) in [5.74, 6) is 0.863. The van der Waals surface area contributed by atoms with Crippen molar-refractivity contribution in [2.45, 2.75) is 6.42 Å². The highest BCUT2D eigenvalue weighted by Crippen LogP contribution is 2.29. The Hall–Kier alpha value is -1.52. The zero-order chi connectivity index (χ0) is 14.5. The van der Waals surface area contributed by atoms with Gasteiger partial charge in [0.25, 0.3) is 0 Å². The molecule has 3 nitrogen and oxygen atoms in total. The van der Waals surface area contributed by atoms with E-state index in [0.29, 0.717) is 6.54 Å². The summed E-state index contributed by atoms with van der Waals surface area (Å²) in [6, 6.07) is 14.4. The van der Waals surface area contributed by atoms with Crippen LogP contribution in [0.15, 0.2) is 46.9 Å². The van der Waals surface area contributed by atoms with Gasteiger partial charge in [0.05, 0.1) is 7.11 Å². The van der Waals surface area contributed by atoms with Gasteiger partial charge >= 0.3 is 0 Å². The Morgan fingerprint density at radius 2 is 1.75 bits per heavy atom. The highest BCUT2D eigenvalue weighted by atomic mass is 79.9. The lowest BCUT2D eigenvalue weighted by atomic mass is 10.1. The quantitative estimate of drug-likeness (QED) is 0.905. The number of ether oxygens (including phenoxy) is 1. The van der Waals surface area contributed by atoms with Crippen LogP contribution in [0.3, 0.4) is 0 Å². The maximum atomic E-state index is 5.60. The molecule has 0 saturated carbocycles. The van der Waals surface area contributed by atoms with Crippen molar-refractivity contribution in [3.05, 3.63) is 52.5 Å². The van der Waals surface area contributed by atoms with Gasteiger partial charge in [-0.2, -0.15) is 0 Å². The molecular formula is C16H19BrN2O. The molecule has 2 N–H and O–H groups in total. The number of methoxy groups -OCH3 is 1. The first kappa shape index (κ1) is 14.9. The first-order valence-electron chi connectivity index (χ1n) is 6.52. The Labute approximate surface area is 128 Å². The van der Waals surface area contributed by atoms with Gasteiger partial charge in [-0.05, 0) is 54.9 Å². The van der Waals surface area contributed by atoms with Crippen LogP contribution in [0.2, 0.25) is 0 Å². The summed E-state index contributed by atoms with van der Waals surface area (Å²) in [6.07, 6.45) is 0.882. The van der Waals surface area contributed by atoms with E-state index in [1.807, 2.05) is 31.3 Å². The zero-order valence-corrected chi connectivity index (χ0v) is 13.4. The van der Waals surface area contributed by atoms with Crippen LogP contribution in [0.5, 0.6) is 5.75 Å². The Balaban J connectivity index is 2.23. The molecule has 0 fully saturated rings. The standard InChI is InChI=1S/C16H19BrN2O/c1-19(13-5-7-15(20-2)8-6-13)14-4-3-12(9-10-18)16(17)11-14/h3-8,11H,9-10,18H2,1-2H3. The van der Waals surface area contributed by atoms with E-state index in [4.69, 9.17) is 10.5 Å². The minimum atomic E-state index is 0.659. The van der Waals surface area contributed by atoms with E-state index >= 15 is 0 Å². The van der Waals surface area contributed by atoms with Gasteiger partial charge in [0.15, 0.2) is 0 Å². The molecule has 0 aliphatic carbocycles. The van der Waals surface area contributed by atoms with E-state index in [0.717, 1.165) is 28.0 Å². The van der Waals surface area contributed by atoms with Gasteiger partial charge in [0.1, 0.15) is 5.75 Å². The smallest absolute Gasteiger partial charge is 0.119 e. The molecule has 0 heterocycles. The average molecular weight is 335 g/mol. The lowest BCUT2D eigenvalue weighted by Crippen LogP contribution is -2.10. The highest BCUT2D eigenvalue weighted by Gasteiger charge is 2.07. The molecular weight excluding hydrogens is 316 g/mol. The van der Waals surface area contributed by atoms with Crippen LogP contribution in [-0.4, -0.2) is 20.7 Å². The largest absolute Gasteiger partial charge is 0.497 e. The summed E-state index contributed by atoms with van der Waals surface area (Å²) in [4.78, 5) is 2.14. The molecule has 0 aromatic heterocycles. The number of nitrogens with two attached hydrogens (primary N) is 1. The molecule has 2 aromatic rings. The van der Waals surface area contributed by atoms with Crippen LogP contribution in [0, 0.1) is 0 Å². The molecule has 0 spiro atoms.